The number of carbonyl (C=O) groups is 3. The second kappa shape index (κ2) is 8.52. The molecule has 3 aliphatic heterocycles. The van der Waals surface area contributed by atoms with Crippen LogP contribution in [0.1, 0.15) is 34.3 Å². The van der Waals surface area contributed by atoms with E-state index in [-0.39, 0.29) is 24.1 Å². The van der Waals surface area contributed by atoms with E-state index in [0.717, 1.165) is 49.5 Å². The number of hydrogen-bond acceptors (Lipinski definition) is 6. The van der Waals surface area contributed by atoms with Crippen LogP contribution in [0.2, 0.25) is 5.15 Å². The number of piperidine rings is 1. The standard InChI is InChI=1S/C23H24ClN5O3/c24-20-12-17(5-6-25-20)28-9-7-27(8-10-28)13-15-1-2-18-16(11-15)14-29(23(18)32)19-3-4-21(30)26-22(19)31/h1-2,5-6,11-12,19H,3-4,7-10,13-14H2,(H,26,30,31). The molecule has 0 bridgehead atoms. The van der Waals surface area contributed by atoms with Crippen LogP contribution in [-0.2, 0) is 22.7 Å². The number of hydrogen-bond donors (Lipinski definition) is 1. The Kier molecular flexibility index (Phi) is 5.57. The van der Waals surface area contributed by atoms with Gasteiger partial charge in [0.2, 0.25) is 11.8 Å². The predicted octanol–water partition coefficient (Wildman–Crippen LogP) is 1.82. The van der Waals surface area contributed by atoms with Crippen molar-refractivity contribution in [2.24, 2.45) is 0 Å². The maximum atomic E-state index is 12.9. The molecule has 32 heavy (non-hydrogen) atoms. The van der Waals surface area contributed by atoms with E-state index in [0.29, 0.717) is 23.7 Å². The maximum Gasteiger partial charge on any atom is 0.255 e. The molecule has 0 aliphatic carbocycles. The van der Waals surface area contributed by atoms with Gasteiger partial charge in [0.05, 0.1) is 0 Å². The Morgan fingerprint density at radius 2 is 1.88 bits per heavy atom. The maximum absolute atomic E-state index is 12.9. The molecule has 1 N–H and O–H groups in total. The lowest BCUT2D eigenvalue weighted by molar-refractivity contribution is -0.136. The molecule has 9 heteroatoms. The first-order chi connectivity index (χ1) is 15.5. The zero-order valence-corrected chi connectivity index (χ0v) is 18.3. The number of piperazine rings is 1. The van der Waals surface area contributed by atoms with Crippen LogP contribution in [0.15, 0.2) is 36.5 Å². The largest absolute Gasteiger partial charge is 0.369 e. The molecule has 2 saturated heterocycles. The first kappa shape index (κ1) is 20.9. The highest BCUT2D eigenvalue weighted by Gasteiger charge is 2.39. The topological polar surface area (TPSA) is 85.9 Å². The van der Waals surface area contributed by atoms with Gasteiger partial charge in [-0.1, -0.05) is 23.7 Å². The van der Waals surface area contributed by atoms with Crippen LogP contribution in [0, 0.1) is 0 Å². The monoisotopic (exact) mass is 453 g/mol. The molecular formula is C23H24ClN5O3. The number of aromatic nitrogens is 1. The Morgan fingerprint density at radius 3 is 2.62 bits per heavy atom. The summed E-state index contributed by atoms with van der Waals surface area (Å²) in [4.78, 5) is 46.8. The van der Waals surface area contributed by atoms with Crippen LogP contribution in [0.4, 0.5) is 5.69 Å². The van der Waals surface area contributed by atoms with E-state index in [4.69, 9.17) is 11.6 Å². The minimum Gasteiger partial charge on any atom is -0.369 e. The Hall–Kier alpha value is -2.97. The fourth-order valence-corrected chi connectivity index (χ4v) is 4.91. The van der Waals surface area contributed by atoms with Crippen LogP contribution in [0.25, 0.3) is 0 Å². The van der Waals surface area contributed by atoms with Crippen molar-refractivity contribution >= 4 is 35.0 Å². The van der Waals surface area contributed by atoms with Crippen molar-refractivity contribution in [1.82, 2.24) is 20.1 Å². The van der Waals surface area contributed by atoms with Gasteiger partial charge >= 0.3 is 0 Å². The highest BCUT2D eigenvalue weighted by Crippen LogP contribution is 2.29. The number of pyridine rings is 1. The number of carbonyl (C=O) groups excluding carboxylic acids is 3. The number of nitrogens with one attached hydrogen (secondary N) is 1. The van der Waals surface area contributed by atoms with Crippen LogP contribution in [0.5, 0.6) is 0 Å². The third-order valence-corrected chi connectivity index (χ3v) is 6.65. The first-order valence-electron chi connectivity index (χ1n) is 10.8. The number of anilines is 1. The van der Waals surface area contributed by atoms with Crippen LogP contribution >= 0.6 is 11.6 Å². The fraction of sp³-hybridized carbons (Fsp3) is 0.391. The van der Waals surface area contributed by atoms with E-state index >= 15 is 0 Å². The Bertz CT molecular complexity index is 1080. The third-order valence-electron chi connectivity index (χ3n) is 6.44. The molecule has 1 aromatic carbocycles. The minimum absolute atomic E-state index is 0.134. The van der Waals surface area contributed by atoms with Crippen molar-refractivity contribution in [2.45, 2.75) is 32.0 Å². The molecule has 3 aliphatic rings. The van der Waals surface area contributed by atoms with Crippen molar-refractivity contribution < 1.29 is 14.4 Å². The Labute approximate surface area is 191 Å². The summed E-state index contributed by atoms with van der Waals surface area (Å²) in [6.45, 7) is 4.90. The number of halogens is 1. The van der Waals surface area contributed by atoms with Gasteiger partial charge in [-0.25, -0.2) is 4.98 Å². The molecule has 1 aromatic heterocycles. The quantitative estimate of drug-likeness (QED) is 0.561. The molecule has 1 atom stereocenters. The molecular weight excluding hydrogens is 430 g/mol. The molecule has 8 nitrogen and oxygen atoms in total. The third kappa shape index (κ3) is 4.08. The first-order valence-corrected chi connectivity index (χ1v) is 11.2. The SMILES string of the molecule is O=C1CCC(N2Cc3cc(CN4CCN(c5ccnc(Cl)c5)CC4)ccc3C2=O)C(=O)N1. The van der Waals surface area contributed by atoms with Crippen LogP contribution in [0.3, 0.4) is 0 Å². The zero-order chi connectivity index (χ0) is 22.2. The highest BCUT2D eigenvalue weighted by molar-refractivity contribution is 6.29. The van der Waals surface area contributed by atoms with Gasteiger partial charge in [-0.05, 0) is 35.7 Å². The van der Waals surface area contributed by atoms with Gasteiger partial charge in [0.25, 0.3) is 5.91 Å². The van der Waals surface area contributed by atoms with Crippen molar-refractivity contribution in [2.75, 3.05) is 31.1 Å². The summed E-state index contributed by atoms with van der Waals surface area (Å²) in [5.74, 6) is -0.786. The lowest BCUT2D eigenvalue weighted by atomic mass is 10.0. The van der Waals surface area contributed by atoms with Crippen LogP contribution < -0.4 is 10.2 Å². The van der Waals surface area contributed by atoms with Gasteiger partial charge in [0, 0.05) is 63.1 Å². The Morgan fingerprint density at radius 1 is 1.06 bits per heavy atom. The van der Waals surface area contributed by atoms with E-state index < -0.39 is 6.04 Å². The second-order valence-corrected chi connectivity index (χ2v) is 8.88. The zero-order valence-electron chi connectivity index (χ0n) is 17.6. The summed E-state index contributed by atoms with van der Waals surface area (Å²) >= 11 is 6.02. The molecule has 166 valence electrons. The van der Waals surface area contributed by atoms with Crippen molar-refractivity contribution in [3.63, 3.8) is 0 Å². The van der Waals surface area contributed by atoms with Gasteiger partial charge in [-0.2, -0.15) is 0 Å². The van der Waals surface area contributed by atoms with Crippen molar-refractivity contribution in [3.8, 4) is 0 Å². The summed E-state index contributed by atoms with van der Waals surface area (Å²) in [5, 5.41) is 2.85. The van der Waals surface area contributed by atoms with Gasteiger partial charge in [-0.15, -0.1) is 0 Å². The number of imide groups is 1. The number of nitrogens with zero attached hydrogens (tertiary/aromatic N) is 4. The average Bonchev–Trinajstić information content (AvgIpc) is 3.10. The smallest absolute Gasteiger partial charge is 0.255 e. The minimum atomic E-state index is -0.578. The molecule has 0 spiro atoms. The summed E-state index contributed by atoms with van der Waals surface area (Å²) in [6, 6.07) is 9.24. The van der Waals surface area contributed by atoms with E-state index in [2.05, 4.69) is 26.2 Å². The molecule has 4 heterocycles. The van der Waals surface area contributed by atoms with Gasteiger partial charge < -0.3 is 9.80 Å². The number of rotatable bonds is 4. The second-order valence-electron chi connectivity index (χ2n) is 8.49. The lowest BCUT2D eigenvalue weighted by Crippen LogP contribution is -2.52. The average molecular weight is 454 g/mol. The molecule has 0 radical (unpaired) electrons. The number of amides is 3. The van der Waals surface area contributed by atoms with Gasteiger partial charge in [0.1, 0.15) is 11.2 Å². The molecule has 1 unspecified atom stereocenters. The summed E-state index contributed by atoms with van der Waals surface area (Å²) in [7, 11) is 0. The van der Waals surface area contributed by atoms with Crippen molar-refractivity contribution in [1.29, 1.82) is 0 Å². The Balaban J connectivity index is 1.21. The molecule has 0 saturated carbocycles. The van der Waals surface area contributed by atoms with Crippen molar-refractivity contribution in [3.05, 3.63) is 58.4 Å². The predicted molar refractivity (Wildman–Crippen MR) is 119 cm³/mol. The summed E-state index contributed by atoms with van der Waals surface area (Å²) < 4.78 is 0. The van der Waals surface area contributed by atoms with E-state index in [1.165, 1.54) is 0 Å². The highest BCUT2D eigenvalue weighted by atomic mass is 35.5. The summed E-state index contributed by atoms with van der Waals surface area (Å²) in [5.41, 5.74) is 3.84. The van der Waals surface area contributed by atoms with E-state index in [1.807, 2.05) is 24.3 Å². The molecule has 3 amide bonds. The number of fused-ring (bicyclic) bond motifs is 1. The lowest BCUT2D eigenvalue weighted by Gasteiger charge is -2.36. The van der Waals surface area contributed by atoms with Gasteiger partial charge in [-0.3, -0.25) is 24.6 Å². The van der Waals surface area contributed by atoms with E-state index in [9.17, 15) is 14.4 Å². The molecule has 2 aromatic rings. The molecule has 5 rings (SSSR count). The van der Waals surface area contributed by atoms with E-state index in [1.54, 1.807) is 11.1 Å². The van der Waals surface area contributed by atoms with Gasteiger partial charge in [0.15, 0.2) is 0 Å². The summed E-state index contributed by atoms with van der Waals surface area (Å²) in [6.07, 6.45) is 2.37. The fourth-order valence-electron chi connectivity index (χ4n) is 4.74. The van der Waals surface area contributed by atoms with Crippen LogP contribution in [-0.4, -0.2) is 64.7 Å². The number of benzene rings is 1. The molecule has 2 fully saturated rings. The normalized spacial score (nSPS) is 21.7.